The minimum atomic E-state index is -0.554. The maximum atomic E-state index is 10.3. The van der Waals surface area contributed by atoms with Crippen LogP contribution in [0.15, 0.2) is 30.6 Å². The summed E-state index contributed by atoms with van der Waals surface area (Å²) in [6, 6.07) is 7.82. The van der Waals surface area contributed by atoms with E-state index in [1.165, 1.54) is 6.33 Å². The van der Waals surface area contributed by atoms with E-state index in [-0.39, 0.29) is 6.61 Å². The number of para-hydroxylation sites is 1. The molecule has 3 rings (SSSR count). The summed E-state index contributed by atoms with van der Waals surface area (Å²) < 4.78 is 11.0. The first-order chi connectivity index (χ1) is 11.7. The Balaban J connectivity index is 1.56. The second kappa shape index (κ2) is 7.59. The van der Waals surface area contributed by atoms with Crippen LogP contribution >= 0.6 is 0 Å². The number of aliphatic hydroxyl groups is 1. The van der Waals surface area contributed by atoms with Crippen molar-refractivity contribution in [2.45, 2.75) is 26.0 Å². The van der Waals surface area contributed by atoms with Gasteiger partial charge in [-0.3, -0.25) is 4.90 Å². The van der Waals surface area contributed by atoms with Gasteiger partial charge in [0.15, 0.2) is 0 Å². The zero-order valence-corrected chi connectivity index (χ0v) is 14.1. The number of aryl methyl sites for hydroxylation is 1. The molecular formula is C18H23N3O3. The van der Waals surface area contributed by atoms with Crippen LogP contribution in [0.4, 0.5) is 0 Å². The Hall–Kier alpha value is -2.18. The van der Waals surface area contributed by atoms with Crippen LogP contribution in [-0.4, -0.2) is 52.9 Å². The minimum Gasteiger partial charge on any atom is -0.491 e. The first kappa shape index (κ1) is 16.7. The fourth-order valence-corrected chi connectivity index (χ4v) is 2.96. The van der Waals surface area contributed by atoms with Gasteiger partial charge in [0.2, 0.25) is 5.88 Å². The number of nitrogens with zero attached hydrogens (tertiary/aromatic N) is 3. The molecule has 6 heteroatoms. The van der Waals surface area contributed by atoms with E-state index in [1.54, 1.807) is 7.11 Å². The van der Waals surface area contributed by atoms with Crippen LogP contribution in [0.5, 0.6) is 11.6 Å². The van der Waals surface area contributed by atoms with Gasteiger partial charge >= 0.3 is 0 Å². The molecule has 0 unspecified atom stereocenters. The van der Waals surface area contributed by atoms with Crippen LogP contribution in [0.25, 0.3) is 0 Å². The quantitative estimate of drug-likeness (QED) is 0.868. The number of aliphatic hydroxyl groups excluding tert-OH is 1. The van der Waals surface area contributed by atoms with Crippen LogP contribution in [0.1, 0.15) is 16.8 Å². The third-order valence-corrected chi connectivity index (χ3v) is 4.23. The Morgan fingerprint density at radius 2 is 2.12 bits per heavy atom. The summed E-state index contributed by atoms with van der Waals surface area (Å²) >= 11 is 0. The summed E-state index contributed by atoms with van der Waals surface area (Å²) in [5.74, 6) is 1.44. The third-order valence-electron chi connectivity index (χ3n) is 4.23. The predicted molar refractivity (Wildman–Crippen MR) is 90.2 cm³/mol. The molecule has 1 aromatic carbocycles. The maximum Gasteiger partial charge on any atom is 0.220 e. The molecule has 0 saturated heterocycles. The molecule has 0 fully saturated rings. The number of benzene rings is 1. The third kappa shape index (κ3) is 3.83. The summed E-state index contributed by atoms with van der Waals surface area (Å²) in [4.78, 5) is 10.7. The van der Waals surface area contributed by atoms with E-state index in [9.17, 15) is 5.11 Å². The Kier molecular flexibility index (Phi) is 5.27. The fourth-order valence-electron chi connectivity index (χ4n) is 2.96. The standard InChI is InChI=1S/C18H23N3O3/c1-13-5-3-4-6-17(13)24-11-14(22)9-21-8-7-16-15(10-21)18(23-2)20-12-19-16/h3-6,12,14,22H,7-11H2,1-2H3/t14-/m1/s1. The smallest absolute Gasteiger partial charge is 0.220 e. The average Bonchev–Trinajstić information content (AvgIpc) is 2.60. The Bertz CT molecular complexity index is 679. The van der Waals surface area contributed by atoms with Crippen LogP contribution < -0.4 is 9.47 Å². The van der Waals surface area contributed by atoms with Crippen LogP contribution in [0.3, 0.4) is 0 Å². The molecule has 1 N–H and O–H groups in total. The monoisotopic (exact) mass is 329 g/mol. The van der Waals surface area contributed by atoms with E-state index >= 15 is 0 Å². The highest BCUT2D eigenvalue weighted by Gasteiger charge is 2.23. The average molecular weight is 329 g/mol. The van der Waals surface area contributed by atoms with Crippen molar-refractivity contribution in [2.75, 3.05) is 26.8 Å². The molecule has 0 spiro atoms. The zero-order valence-electron chi connectivity index (χ0n) is 14.1. The van der Waals surface area contributed by atoms with Crippen molar-refractivity contribution in [1.29, 1.82) is 0 Å². The number of β-amino-alcohol motifs (C(OH)–C–C–N with tert-alkyl or cyclic N) is 1. The Morgan fingerprint density at radius 3 is 2.92 bits per heavy atom. The fraction of sp³-hybridized carbons (Fsp3) is 0.444. The molecule has 128 valence electrons. The molecule has 1 atom stereocenters. The van der Waals surface area contributed by atoms with E-state index in [4.69, 9.17) is 9.47 Å². The molecule has 0 bridgehead atoms. The lowest BCUT2D eigenvalue weighted by Crippen LogP contribution is -2.39. The van der Waals surface area contributed by atoms with Crippen molar-refractivity contribution in [3.63, 3.8) is 0 Å². The van der Waals surface area contributed by atoms with Crippen molar-refractivity contribution < 1.29 is 14.6 Å². The Morgan fingerprint density at radius 1 is 1.29 bits per heavy atom. The van der Waals surface area contributed by atoms with Crippen molar-refractivity contribution >= 4 is 0 Å². The highest BCUT2D eigenvalue weighted by atomic mass is 16.5. The van der Waals surface area contributed by atoms with E-state index in [1.807, 2.05) is 31.2 Å². The lowest BCUT2D eigenvalue weighted by atomic mass is 10.1. The molecule has 0 saturated carbocycles. The second-order valence-corrected chi connectivity index (χ2v) is 6.02. The summed E-state index contributed by atoms with van der Waals surface area (Å²) in [6.07, 6.45) is 1.82. The van der Waals surface area contributed by atoms with E-state index < -0.39 is 6.10 Å². The van der Waals surface area contributed by atoms with E-state index in [2.05, 4.69) is 14.9 Å². The van der Waals surface area contributed by atoms with Crippen LogP contribution in [0, 0.1) is 6.92 Å². The number of hydrogen-bond acceptors (Lipinski definition) is 6. The molecule has 0 aliphatic carbocycles. The zero-order chi connectivity index (χ0) is 16.9. The van der Waals surface area contributed by atoms with E-state index in [0.29, 0.717) is 19.0 Å². The Labute approximate surface area is 142 Å². The molecule has 1 aliphatic heterocycles. The normalized spacial score (nSPS) is 15.6. The van der Waals surface area contributed by atoms with Gasteiger partial charge in [-0.05, 0) is 18.6 Å². The predicted octanol–water partition coefficient (Wildman–Crippen LogP) is 1.59. The van der Waals surface area contributed by atoms with Crippen molar-refractivity contribution in [2.24, 2.45) is 0 Å². The van der Waals surface area contributed by atoms with Crippen molar-refractivity contribution in [3.05, 3.63) is 47.4 Å². The molecule has 0 amide bonds. The molecule has 2 heterocycles. The lowest BCUT2D eigenvalue weighted by Gasteiger charge is -2.30. The summed E-state index contributed by atoms with van der Waals surface area (Å²) in [6.45, 7) is 4.35. The highest BCUT2D eigenvalue weighted by molar-refractivity contribution is 5.32. The van der Waals surface area contributed by atoms with Gasteiger partial charge in [-0.1, -0.05) is 18.2 Å². The van der Waals surface area contributed by atoms with E-state index in [0.717, 1.165) is 35.5 Å². The second-order valence-electron chi connectivity index (χ2n) is 6.02. The van der Waals surface area contributed by atoms with Gasteiger partial charge in [0, 0.05) is 31.6 Å². The molecule has 6 nitrogen and oxygen atoms in total. The molecule has 2 aromatic rings. The summed E-state index contributed by atoms with van der Waals surface area (Å²) in [5, 5.41) is 10.3. The number of hydrogen-bond donors (Lipinski definition) is 1. The first-order valence-corrected chi connectivity index (χ1v) is 8.13. The maximum absolute atomic E-state index is 10.3. The van der Waals surface area contributed by atoms with Crippen molar-refractivity contribution in [1.82, 2.24) is 14.9 Å². The van der Waals surface area contributed by atoms with Gasteiger partial charge < -0.3 is 14.6 Å². The van der Waals surface area contributed by atoms with Gasteiger partial charge in [-0.2, -0.15) is 0 Å². The summed E-state index contributed by atoms with van der Waals surface area (Å²) in [5.41, 5.74) is 3.11. The number of aromatic nitrogens is 2. The van der Waals surface area contributed by atoms with Gasteiger partial charge in [0.25, 0.3) is 0 Å². The van der Waals surface area contributed by atoms with Gasteiger partial charge in [-0.25, -0.2) is 9.97 Å². The summed E-state index contributed by atoms with van der Waals surface area (Å²) in [7, 11) is 1.62. The number of methoxy groups -OCH3 is 1. The van der Waals surface area contributed by atoms with Gasteiger partial charge in [0.1, 0.15) is 24.8 Å². The van der Waals surface area contributed by atoms with Gasteiger partial charge in [-0.15, -0.1) is 0 Å². The lowest BCUT2D eigenvalue weighted by molar-refractivity contribution is 0.0628. The molecule has 1 aliphatic rings. The van der Waals surface area contributed by atoms with Crippen LogP contribution in [0.2, 0.25) is 0 Å². The van der Waals surface area contributed by atoms with Crippen molar-refractivity contribution in [3.8, 4) is 11.6 Å². The molecule has 1 aromatic heterocycles. The topological polar surface area (TPSA) is 67.7 Å². The molecule has 24 heavy (non-hydrogen) atoms. The minimum absolute atomic E-state index is 0.274. The largest absolute Gasteiger partial charge is 0.491 e. The molecule has 0 radical (unpaired) electrons. The molecular weight excluding hydrogens is 306 g/mol. The highest BCUT2D eigenvalue weighted by Crippen LogP contribution is 2.24. The SMILES string of the molecule is COc1ncnc2c1CN(C[C@@H](O)COc1ccccc1C)CC2. The number of fused-ring (bicyclic) bond motifs is 1. The first-order valence-electron chi connectivity index (χ1n) is 8.13. The van der Waals surface area contributed by atoms with Gasteiger partial charge in [0.05, 0.1) is 12.8 Å². The van der Waals surface area contributed by atoms with Crippen LogP contribution in [-0.2, 0) is 13.0 Å². The number of rotatable bonds is 6. The number of ether oxygens (including phenoxy) is 2.